The molecule has 1 saturated carbocycles. The number of amides is 1. The first-order chi connectivity index (χ1) is 18.1. The van der Waals surface area contributed by atoms with Crippen molar-refractivity contribution < 1.29 is 22.1 Å². The van der Waals surface area contributed by atoms with Crippen LogP contribution in [0, 0.1) is 5.82 Å². The van der Waals surface area contributed by atoms with Crippen molar-refractivity contribution in [3.05, 3.63) is 93.5 Å². The number of hydrogen-bond donors (Lipinski definition) is 1. The molecule has 0 unspecified atom stereocenters. The van der Waals surface area contributed by atoms with Gasteiger partial charge in [-0.3, -0.25) is 4.79 Å². The Hall–Kier alpha value is -3.27. The van der Waals surface area contributed by atoms with E-state index in [0.717, 1.165) is 0 Å². The average molecular weight is 574 g/mol. The number of aromatic nitrogens is 2. The molecule has 0 saturated heterocycles. The largest absolute Gasteiger partial charge is 0.334 e. The van der Waals surface area contributed by atoms with Crippen LogP contribution in [0.3, 0.4) is 0 Å². The fourth-order valence-corrected chi connectivity index (χ4v) is 5.71. The normalized spacial score (nSPS) is 14.3. The van der Waals surface area contributed by atoms with E-state index in [-0.39, 0.29) is 33.3 Å². The summed E-state index contributed by atoms with van der Waals surface area (Å²) in [6.45, 7) is 1.57. The Morgan fingerprint density at radius 3 is 2.37 bits per heavy atom. The van der Waals surface area contributed by atoms with Gasteiger partial charge in [-0.2, -0.15) is 4.98 Å². The third-order valence-electron chi connectivity index (χ3n) is 6.53. The molecule has 3 aromatic carbocycles. The monoisotopic (exact) mass is 573 g/mol. The molecule has 1 amide bonds. The van der Waals surface area contributed by atoms with Crippen LogP contribution in [0.2, 0.25) is 10.0 Å². The van der Waals surface area contributed by atoms with Crippen molar-refractivity contribution in [3.63, 3.8) is 0 Å². The number of hydrogen-bond acceptors (Lipinski definition) is 6. The highest BCUT2D eigenvalue weighted by molar-refractivity contribution is 7.91. The molecule has 0 radical (unpaired) electrons. The molecule has 0 atom stereocenters. The van der Waals surface area contributed by atoms with Crippen molar-refractivity contribution in [2.24, 2.45) is 0 Å². The summed E-state index contributed by atoms with van der Waals surface area (Å²) in [7, 11) is -3.32. The van der Waals surface area contributed by atoms with E-state index in [9.17, 15) is 13.2 Å². The highest BCUT2D eigenvalue weighted by Gasteiger charge is 2.53. The second-order valence-electron chi connectivity index (χ2n) is 9.10. The highest BCUT2D eigenvalue weighted by atomic mass is 35.5. The van der Waals surface area contributed by atoms with Crippen LogP contribution in [0.15, 0.2) is 70.1 Å². The molecule has 4 aromatic rings. The Bertz CT molecular complexity index is 1590. The van der Waals surface area contributed by atoms with Crippen molar-refractivity contribution in [1.29, 1.82) is 0 Å². The molecule has 7 nitrogen and oxygen atoms in total. The van der Waals surface area contributed by atoms with Gasteiger partial charge in [-0.25, -0.2) is 12.8 Å². The van der Waals surface area contributed by atoms with E-state index in [0.29, 0.717) is 40.7 Å². The second kappa shape index (κ2) is 10.1. The van der Waals surface area contributed by atoms with Crippen LogP contribution >= 0.6 is 23.2 Å². The highest BCUT2D eigenvalue weighted by Crippen LogP contribution is 2.55. The maximum atomic E-state index is 15.4. The third-order valence-corrected chi connectivity index (χ3v) is 8.83. The third kappa shape index (κ3) is 5.18. The van der Waals surface area contributed by atoms with E-state index >= 15 is 4.39 Å². The minimum atomic E-state index is -3.32. The number of sulfone groups is 1. The Morgan fingerprint density at radius 1 is 1.08 bits per heavy atom. The molecule has 0 spiro atoms. The van der Waals surface area contributed by atoms with Crippen LogP contribution < -0.4 is 5.32 Å². The molecule has 196 valence electrons. The lowest BCUT2D eigenvalue weighted by atomic mass is 9.94. The van der Waals surface area contributed by atoms with Gasteiger partial charge >= 0.3 is 0 Å². The predicted octanol–water partition coefficient (Wildman–Crippen LogP) is 6.24. The van der Waals surface area contributed by atoms with Gasteiger partial charge in [0.05, 0.1) is 22.5 Å². The maximum absolute atomic E-state index is 15.4. The number of rotatable bonds is 8. The summed E-state index contributed by atoms with van der Waals surface area (Å²) in [6.07, 6.45) is 1.17. The molecule has 0 bridgehead atoms. The summed E-state index contributed by atoms with van der Waals surface area (Å²) in [5, 5.41) is 7.48. The second-order valence-corrected chi connectivity index (χ2v) is 12.2. The predicted molar refractivity (Wildman–Crippen MR) is 143 cm³/mol. The topological polar surface area (TPSA) is 102 Å². The van der Waals surface area contributed by atoms with Crippen LogP contribution in [0.25, 0.3) is 11.5 Å². The van der Waals surface area contributed by atoms with Gasteiger partial charge in [-0.1, -0.05) is 47.4 Å². The summed E-state index contributed by atoms with van der Waals surface area (Å²) >= 11 is 12.5. The van der Waals surface area contributed by atoms with Crippen LogP contribution in [-0.4, -0.2) is 30.2 Å². The number of nitrogens with zero attached hydrogens (tertiary/aromatic N) is 2. The fourth-order valence-electron chi connectivity index (χ4n) is 4.31. The first kappa shape index (κ1) is 26.3. The van der Waals surface area contributed by atoms with E-state index in [2.05, 4.69) is 15.5 Å². The van der Waals surface area contributed by atoms with Crippen molar-refractivity contribution >= 4 is 44.6 Å². The molecule has 1 aliphatic rings. The smallest absolute Gasteiger partial charge is 0.257 e. The molecular formula is C27H22Cl2FN3O4S. The minimum Gasteiger partial charge on any atom is -0.334 e. The van der Waals surface area contributed by atoms with Crippen LogP contribution in [0.5, 0.6) is 0 Å². The quantitative estimate of drug-likeness (QED) is 0.268. The van der Waals surface area contributed by atoms with Gasteiger partial charge in [-0.05, 0) is 66.9 Å². The van der Waals surface area contributed by atoms with E-state index in [1.54, 1.807) is 43.3 Å². The molecule has 11 heteroatoms. The first-order valence-corrected chi connectivity index (χ1v) is 14.2. The van der Waals surface area contributed by atoms with Gasteiger partial charge in [-0.15, -0.1) is 0 Å². The molecule has 1 fully saturated rings. The van der Waals surface area contributed by atoms with Gasteiger partial charge in [0.25, 0.3) is 5.89 Å². The molecule has 1 aliphatic carbocycles. The van der Waals surface area contributed by atoms with Crippen LogP contribution in [0.4, 0.5) is 10.1 Å². The number of halogens is 3. The standard InChI is InChI=1S/C27H22Cl2FN3O4S/c1-2-38(35,36)20-9-3-16(4-10-20)13-23(34)31-19-14-21(29)24(22(30)15-19)27(11-12-27)26-32-25(37-33-26)17-5-7-18(28)8-6-17/h3-10,14-15H,2,11-13H2,1H3,(H,31,34). The van der Waals surface area contributed by atoms with Crippen LogP contribution in [-0.2, 0) is 26.5 Å². The van der Waals surface area contributed by atoms with Crippen molar-refractivity contribution in [2.45, 2.75) is 36.5 Å². The zero-order valence-corrected chi connectivity index (χ0v) is 22.5. The number of carbonyl (C=O) groups is 1. The van der Waals surface area contributed by atoms with Crippen molar-refractivity contribution in [3.8, 4) is 11.5 Å². The summed E-state index contributed by atoms with van der Waals surface area (Å²) in [5.74, 6) is -0.354. The Morgan fingerprint density at radius 2 is 1.76 bits per heavy atom. The summed E-state index contributed by atoms with van der Waals surface area (Å²) in [6, 6.07) is 15.8. The van der Waals surface area contributed by atoms with Crippen molar-refractivity contribution in [2.75, 3.05) is 11.1 Å². The van der Waals surface area contributed by atoms with E-state index in [4.69, 9.17) is 27.7 Å². The van der Waals surface area contributed by atoms with Crippen LogP contribution in [0.1, 0.15) is 36.7 Å². The lowest BCUT2D eigenvalue weighted by Gasteiger charge is -2.16. The molecular weight excluding hydrogens is 552 g/mol. The average Bonchev–Trinajstić information content (AvgIpc) is 3.51. The molecule has 1 N–H and O–H groups in total. The number of benzene rings is 3. The number of carbonyl (C=O) groups excluding carboxylic acids is 1. The SMILES string of the molecule is CCS(=O)(=O)c1ccc(CC(=O)Nc2cc(F)c(C3(c4noc(-c5ccc(Cl)cc5)n4)CC3)c(Cl)c2)cc1. The maximum Gasteiger partial charge on any atom is 0.257 e. The Kier molecular flexibility index (Phi) is 7.02. The zero-order chi connectivity index (χ0) is 27.1. The lowest BCUT2D eigenvalue weighted by Crippen LogP contribution is -2.17. The van der Waals surface area contributed by atoms with Gasteiger partial charge in [0.2, 0.25) is 5.91 Å². The van der Waals surface area contributed by atoms with E-state index in [1.807, 2.05) is 0 Å². The molecule has 5 rings (SSSR count). The minimum absolute atomic E-state index is 0.00727. The van der Waals surface area contributed by atoms with Gasteiger partial charge in [0.1, 0.15) is 5.82 Å². The molecule has 0 aliphatic heterocycles. The summed E-state index contributed by atoms with van der Waals surface area (Å²) in [5.41, 5.74) is 0.963. The first-order valence-electron chi connectivity index (χ1n) is 11.8. The molecule has 38 heavy (non-hydrogen) atoms. The Balaban J connectivity index is 1.32. The lowest BCUT2D eigenvalue weighted by molar-refractivity contribution is -0.115. The van der Waals surface area contributed by atoms with Gasteiger partial charge < -0.3 is 9.84 Å². The van der Waals surface area contributed by atoms with Crippen molar-refractivity contribution in [1.82, 2.24) is 10.1 Å². The molecule has 1 aromatic heterocycles. The van der Waals surface area contributed by atoms with E-state index in [1.165, 1.54) is 24.3 Å². The van der Waals surface area contributed by atoms with Gasteiger partial charge in [0.15, 0.2) is 15.7 Å². The summed E-state index contributed by atoms with van der Waals surface area (Å²) in [4.78, 5) is 17.3. The summed E-state index contributed by atoms with van der Waals surface area (Å²) < 4.78 is 44.7. The number of anilines is 1. The molecule has 1 heterocycles. The zero-order valence-electron chi connectivity index (χ0n) is 20.2. The fraction of sp³-hybridized carbons (Fsp3) is 0.222. The number of nitrogens with one attached hydrogen (secondary N) is 1. The Labute approximate surface area is 228 Å². The van der Waals surface area contributed by atoms with E-state index < -0.39 is 27.0 Å². The van der Waals surface area contributed by atoms with Gasteiger partial charge in [0, 0.05) is 26.9 Å².